The van der Waals surface area contributed by atoms with Crippen LogP contribution in [0.5, 0.6) is 0 Å². The Hall–Kier alpha value is -0.490. The summed E-state index contributed by atoms with van der Waals surface area (Å²) in [5.74, 6) is 0. The van der Waals surface area contributed by atoms with Crippen LogP contribution in [0.3, 0.4) is 0 Å². The zero-order chi connectivity index (χ0) is 8.97. The number of nitrogens with two attached hydrogens (primary N) is 2. The number of likely N-dealkylation sites (tertiary alicyclic amines) is 1. The molecule has 1 heterocycles. The topological polar surface area (TPSA) is 84.4 Å². The Labute approximate surface area is 72.1 Å². The highest BCUT2D eigenvalue weighted by Crippen LogP contribution is 2.07. The molecule has 1 fully saturated rings. The van der Waals surface area contributed by atoms with Gasteiger partial charge >= 0.3 is 0 Å². The molecular formula is C7H16N4O. The van der Waals surface area contributed by atoms with Crippen LogP contribution in [-0.4, -0.2) is 36.7 Å². The molecule has 1 rings (SSSR count). The summed E-state index contributed by atoms with van der Waals surface area (Å²) in [5.41, 5.74) is 11.1. The first-order valence-corrected chi connectivity index (χ1v) is 4.20. The molecule has 0 aromatic heterocycles. The molecule has 0 radical (unpaired) electrons. The second kappa shape index (κ2) is 4.51. The second-order valence-corrected chi connectivity index (χ2v) is 3.02. The number of nitrogens with zero attached hydrogens (tertiary/aromatic N) is 1. The Morgan fingerprint density at radius 2 is 1.92 bits per heavy atom. The quantitative estimate of drug-likeness (QED) is 0.351. The first kappa shape index (κ1) is 9.60. The predicted octanol–water partition coefficient (Wildman–Crippen LogP) is -1.60. The van der Waals surface area contributed by atoms with Gasteiger partial charge in [0.1, 0.15) is 12.5 Å². The summed E-state index contributed by atoms with van der Waals surface area (Å²) in [6.45, 7) is 1.97. The standard InChI is InChI=1S/C7H16N4O/c8-6(5-12)10-7(9)11-3-1-2-4-11/h5-7,10H,1-4,8-9H2. The van der Waals surface area contributed by atoms with E-state index in [9.17, 15) is 4.79 Å². The van der Waals surface area contributed by atoms with E-state index in [1.807, 2.05) is 0 Å². The maximum atomic E-state index is 10.2. The van der Waals surface area contributed by atoms with Crippen molar-refractivity contribution in [2.75, 3.05) is 13.1 Å². The molecule has 2 unspecified atom stereocenters. The molecule has 1 saturated heterocycles. The Balaban J connectivity index is 2.26. The van der Waals surface area contributed by atoms with Gasteiger partial charge in [0.05, 0.1) is 0 Å². The molecule has 0 spiro atoms. The van der Waals surface area contributed by atoms with E-state index in [1.54, 1.807) is 0 Å². The van der Waals surface area contributed by atoms with E-state index in [2.05, 4.69) is 10.2 Å². The Morgan fingerprint density at radius 1 is 1.33 bits per heavy atom. The number of aldehydes is 1. The number of nitrogens with one attached hydrogen (secondary N) is 1. The number of carbonyl (C=O) groups is 1. The van der Waals surface area contributed by atoms with Gasteiger partial charge in [-0.25, -0.2) is 0 Å². The summed E-state index contributed by atoms with van der Waals surface area (Å²) in [6.07, 6.45) is 2.06. The van der Waals surface area contributed by atoms with E-state index >= 15 is 0 Å². The monoisotopic (exact) mass is 172 g/mol. The van der Waals surface area contributed by atoms with Crippen molar-refractivity contribution < 1.29 is 4.79 Å². The molecule has 0 saturated carbocycles. The summed E-state index contributed by atoms with van der Waals surface area (Å²) in [5, 5.41) is 2.78. The van der Waals surface area contributed by atoms with Crippen LogP contribution in [0.4, 0.5) is 0 Å². The molecule has 5 N–H and O–H groups in total. The van der Waals surface area contributed by atoms with Crippen molar-refractivity contribution in [1.82, 2.24) is 10.2 Å². The van der Waals surface area contributed by atoms with Crippen LogP contribution < -0.4 is 16.8 Å². The number of hydrogen-bond acceptors (Lipinski definition) is 5. The number of carbonyl (C=O) groups excluding carboxylic acids is 1. The van der Waals surface area contributed by atoms with E-state index in [0.717, 1.165) is 13.1 Å². The summed E-state index contributed by atoms with van der Waals surface area (Å²) in [7, 11) is 0. The summed E-state index contributed by atoms with van der Waals surface area (Å²) >= 11 is 0. The average molecular weight is 172 g/mol. The first-order chi connectivity index (χ1) is 5.74. The third-order valence-corrected chi connectivity index (χ3v) is 2.04. The fourth-order valence-electron chi connectivity index (χ4n) is 1.36. The molecule has 0 aliphatic carbocycles. The van der Waals surface area contributed by atoms with Crippen LogP contribution in [-0.2, 0) is 4.79 Å². The Kier molecular flexibility index (Phi) is 3.61. The van der Waals surface area contributed by atoms with Crippen molar-refractivity contribution in [3.8, 4) is 0 Å². The van der Waals surface area contributed by atoms with E-state index in [1.165, 1.54) is 12.8 Å². The largest absolute Gasteiger partial charge is 0.310 e. The SMILES string of the molecule is NC(C=O)NC(N)N1CCCC1. The number of hydrogen-bond donors (Lipinski definition) is 3. The van der Waals surface area contributed by atoms with Crippen LogP contribution in [0, 0.1) is 0 Å². The van der Waals surface area contributed by atoms with E-state index in [0.29, 0.717) is 6.29 Å². The molecule has 12 heavy (non-hydrogen) atoms. The lowest BCUT2D eigenvalue weighted by atomic mass is 10.4. The van der Waals surface area contributed by atoms with E-state index in [4.69, 9.17) is 11.5 Å². The van der Waals surface area contributed by atoms with Crippen LogP contribution in [0.2, 0.25) is 0 Å². The fourth-order valence-corrected chi connectivity index (χ4v) is 1.36. The normalized spacial score (nSPS) is 23.8. The minimum Gasteiger partial charge on any atom is -0.310 e. The Morgan fingerprint density at radius 3 is 2.42 bits per heavy atom. The van der Waals surface area contributed by atoms with Gasteiger partial charge in [0, 0.05) is 13.1 Å². The van der Waals surface area contributed by atoms with Crippen LogP contribution in [0.1, 0.15) is 12.8 Å². The van der Waals surface area contributed by atoms with E-state index in [-0.39, 0.29) is 6.29 Å². The Bertz CT molecular complexity index is 146. The summed E-state index contributed by atoms with van der Waals surface area (Å²) < 4.78 is 0. The molecule has 0 amide bonds. The first-order valence-electron chi connectivity index (χ1n) is 4.20. The molecule has 1 aliphatic heterocycles. The highest BCUT2D eigenvalue weighted by atomic mass is 16.1. The lowest BCUT2D eigenvalue weighted by Crippen LogP contribution is -2.57. The molecule has 5 heteroatoms. The van der Waals surface area contributed by atoms with Gasteiger partial charge < -0.3 is 16.3 Å². The van der Waals surface area contributed by atoms with Gasteiger partial charge in [-0.2, -0.15) is 0 Å². The molecule has 5 nitrogen and oxygen atoms in total. The molecule has 0 aromatic rings. The van der Waals surface area contributed by atoms with Crippen molar-refractivity contribution in [1.29, 1.82) is 0 Å². The fraction of sp³-hybridized carbons (Fsp3) is 0.857. The van der Waals surface area contributed by atoms with Crippen molar-refractivity contribution >= 4 is 6.29 Å². The summed E-state index contributed by atoms with van der Waals surface area (Å²) in [4.78, 5) is 12.3. The summed E-state index contributed by atoms with van der Waals surface area (Å²) in [6, 6.07) is 0. The van der Waals surface area contributed by atoms with Gasteiger partial charge in [0.2, 0.25) is 0 Å². The third-order valence-electron chi connectivity index (χ3n) is 2.04. The molecule has 2 atom stereocenters. The van der Waals surface area contributed by atoms with Crippen LogP contribution >= 0.6 is 0 Å². The molecular weight excluding hydrogens is 156 g/mol. The minimum absolute atomic E-state index is 0.285. The predicted molar refractivity (Wildman–Crippen MR) is 46.0 cm³/mol. The molecule has 70 valence electrons. The minimum atomic E-state index is -0.652. The zero-order valence-electron chi connectivity index (χ0n) is 7.07. The van der Waals surface area contributed by atoms with Crippen molar-refractivity contribution in [2.24, 2.45) is 11.5 Å². The lowest BCUT2D eigenvalue weighted by molar-refractivity contribution is -0.110. The van der Waals surface area contributed by atoms with Crippen molar-refractivity contribution in [3.63, 3.8) is 0 Å². The van der Waals surface area contributed by atoms with Crippen LogP contribution in [0.15, 0.2) is 0 Å². The smallest absolute Gasteiger partial charge is 0.151 e. The van der Waals surface area contributed by atoms with Crippen molar-refractivity contribution in [2.45, 2.75) is 25.3 Å². The molecule has 0 bridgehead atoms. The van der Waals surface area contributed by atoms with Gasteiger partial charge in [-0.3, -0.25) is 10.2 Å². The lowest BCUT2D eigenvalue weighted by Gasteiger charge is -2.25. The molecule has 0 aromatic carbocycles. The van der Waals surface area contributed by atoms with Gasteiger partial charge in [0.25, 0.3) is 0 Å². The second-order valence-electron chi connectivity index (χ2n) is 3.02. The maximum absolute atomic E-state index is 10.2. The van der Waals surface area contributed by atoms with Gasteiger partial charge in [-0.15, -0.1) is 0 Å². The van der Waals surface area contributed by atoms with Crippen molar-refractivity contribution in [3.05, 3.63) is 0 Å². The van der Waals surface area contributed by atoms with Crippen LogP contribution in [0.25, 0.3) is 0 Å². The maximum Gasteiger partial charge on any atom is 0.151 e. The van der Waals surface area contributed by atoms with Gasteiger partial charge in [0.15, 0.2) is 6.29 Å². The molecule has 1 aliphatic rings. The third kappa shape index (κ3) is 2.53. The van der Waals surface area contributed by atoms with Gasteiger partial charge in [-0.05, 0) is 12.8 Å². The average Bonchev–Trinajstić information content (AvgIpc) is 2.56. The van der Waals surface area contributed by atoms with Gasteiger partial charge in [-0.1, -0.05) is 0 Å². The van der Waals surface area contributed by atoms with E-state index < -0.39 is 6.17 Å². The zero-order valence-corrected chi connectivity index (χ0v) is 7.07. The number of rotatable bonds is 4. The highest BCUT2D eigenvalue weighted by molar-refractivity contribution is 5.56. The highest BCUT2D eigenvalue weighted by Gasteiger charge is 2.19.